The van der Waals surface area contributed by atoms with Crippen molar-refractivity contribution in [2.24, 2.45) is 0 Å². The third kappa shape index (κ3) is 5.72. The number of benzene rings is 1. The fourth-order valence-corrected chi connectivity index (χ4v) is 1.74. The number of nitrogens with zero attached hydrogens (tertiary/aromatic N) is 1. The van der Waals surface area contributed by atoms with Crippen molar-refractivity contribution in [3.05, 3.63) is 35.4 Å². The highest BCUT2D eigenvalue weighted by molar-refractivity contribution is 5.74. The largest absolute Gasteiger partial charge is 0.395 e. The number of carbonyl (C=O) groups is 1. The van der Waals surface area contributed by atoms with Crippen LogP contribution in [0.15, 0.2) is 24.3 Å². The molecule has 0 saturated carbocycles. The highest BCUT2D eigenvalue weighted by Crippen LogP contribution is 2.03. The van der Waals surface area contributed by atoms with Gasteiger partial charge < -0.3 is 20.4 Å². The number of hydrogen-bond acceptors (Lipinski definition) is 3. The first-order chi connectivity index (χ1) is 9.17. The summed E-state index contributed by atoms with van der Waals surface area (Å²) in [5.41, 5.74) is 2.38. The summed E-state index contributed by atoms with van der Waals surface area (Å²) >= 11 is 0. The van der Waals surface area contributed by atoms with Crippen LogP contribution in [0.5, 0.6) is 0 Å². The second-order valence-corrected chi connectivity index (χ2v) is 4.40. The van der Waals surface area contributed by atoms with Crippen LogP contribution in [-0.4, -0.2) is 54.0 Å². The molecule has 0 aliphatic carbocycles. The van der Waals surface area contributed by atoms with E-state index in [9.17, 15) is 4.79 Å². The second-order valence-electron chi connectivity index (χ2n) is 4.40. The molecule has 0 unspecified atom stereocenters. The molecule has 0 spiro atoms. The maximum Gasteiger partial charge on any atom is 0.317 e. The number of aryl methyl sites for hydroxylation is 1. The van der Waals surface area contributed by atoms with Gasteiger partial charge in [-0.3, -0.25) is 0 Å². The molecule has 0 fully saturated rings. The third-order valence-electron chi connectivity index (χ3n) is 2.84. The van der Waals surface area contributed by atoms with Crippen LogP contribution in [-0.2, 0) is 6.42 Å². The van der Waals surface area contributed by atoms with Gasteiger partial charge >= 0.3 is 6.03 Å². The van der Waals surface area contributed by atoms with Gasteiger partial charge in [-0.15, -0.1) is 0 Å². The molecule has 2 amide bonds. The number of aliphatic hydroxyl groups excluding tert-OH is 2. The summed E-state index contributed by atoms with van der Waals surface area (Å²) < 4.78 is 0. The zero-order valence-corrected chi connectivity index (χ0v) is 11.3. The average molecular weight is 266 g/mol. The monoisotopic (exact) mass is 266 g/mol. The SMILES string of the molecule is Cc1ccc(CCNC(=O)N(CCO)CCO)cc1. The van der Waals surface area contributed by atoms with Crippen LogP contribution in [0.25, 0.3) is 0 Å². The summed E-state index contributed by atoms with van der Waals surface area (Å²) in [5, 5.41) is 20.5. The first kappa shape index (κ1) is 15.5. The van der Waals surface area contributed by atoms with Crippen molar-refractivity contribution in [2.75, 3.05) is 32.8 Å². The second kappa shape index (κ2) is 8.50. The summed E-state index contributed by atoms with van der Waals surface area (Å²) in [6, 6.07) is 7.92. The van der Waals surface area contributed by atoms with E-state index in [4.69, 9.17) is 10.2 Å². The van der Waals surface area contributed by atoms with E-state index in [0.29, 0.717) is 6.54 Å². The van der Waals surface area contributed by atoms with Crippen molar-refractivity contribution < 1.29 is 15.0 Å². The van der Waals surface area contributed by atoms with Crippen molar-refractivity contribution in [1.29, 1.82) is 0 Å². The molecule has 0 bridgehead atoms. The number of hydrogen-bond donors (Lipinski definition) is 3. The van der Waals surface area contributed by atoms with Gasteiger partial charge in [0.1, 0.15) is 0 Å². The van der Waals surface area contributed by atoms with Gasteiger partial charge in [0.25, 0.3) is 0 Å². The molecule has 0 aliphatic heterocycles. The molecule has 19 heavy (non-hydrogen) atoms. The van der Waals surface area contributed by atoms with E-state index >= 15 is 0 Å². The lowest BCUT2D eigenvalue weighted by Gasteiger charge is -2.21. The Morgan fingerprint density at radius 1 is 1.16 bits per heavy atom. The predicted molar refractivity (Wildman–Crippen MR) is 74.0 cm³/mol. The molecule has 0 aromatic heterocycles. The first-order valence-corrected chi connectivity index (χ1v) is 6.47. The maximum absolute atomic E-state index is 11.8. The predicted octanol–water partition coefficient (Wildman–Crippen LogP) is 0.534. The van der Waals surface area contributed by atoms with E-state index in [1.54, 1.807) is 0 Å². The van der Waals surface area contributed by atoms with Gasteiger partial charge in [0, 0.05) is 19.6 Å². The highest BCUT2D eigenvalue weighted by Gasteiger charge is 2.11. The normalized spacial score (nSPS) is 10.3. The number of rotatable bonds is 7. The lowest BCUT2D eigenvalue weighted by molar-refractivity contribution is 0.158. The van der Waals surface area contributed by atoms with Gasteiger partial charge in [-0.25, -0.2) is 4.79 Å². The minimum absolute atomic E-state index is 0.106. The minimum Gasteiger partial charge on any atom is -0.395 e. The number of aliphatic hydroxyl groups is 2. The summed E-state index contributed by atoms with van der Waals surface area (Å²) in [7, 11) is 0. The summed E-state index contributed by atoms with van der Waals surface area (Å²) in [6.07, 6.45) is 0.762. The zero-order valence-electron chi connectivity index (χ0n) is 11.3. The smallest absolute Gasteiger partial charge is 0.317 e. The molecule has 1 rings (SSSR count). The molecule has 0 heterocycles. The molecule has 1 aromatic rings. The molecule has 0 saturated heterocycles. The van der Waals surface area contributed by atoms with Crippen LogP contribution >= 0.6 is 0 Å². The molecule has 0 atom stereocenters. The topological polar surface area (TPSA) is 72.8 Å². The van der Waals surface area contributed by atoms with E-state index in [-0.39, 0.29) is 32.3 Å². The molecule has 5 nitrogen and oxygen atoms in total. The van der Waals surface area contributed by atoms with Gasteiger partial charge in [0.05, 0.1) is 13.2 Å². The molecule has 0 aliphatic rings. The van der Waals surface area contributed by atoms with Crippen LogP contribution in [0.1, 0.15) is 11.1 Å². The molecule has 1 aromatic carbocycles. The summed E-state index contributed by atoms with van der Waals surface area (Å²) in [5.74, 6) is 0. The Bertz CT molecular complexity index is 373. The van der Waals surface area contributed by atoms with E-state index in [1.165, 1.54) is 16.0 Å². The molecular formula is C14H22N2O3. The van der Waals surface area contributed by atoms with Crippen LogP contribution in [0, 0.1) is 6.92 Å². The Morgan fingerprint density at radius 2 is 1.74 bits per heavy atom. The first-order valence-electron chi connectivity index (χ1n) is 6.47. The van der Waals surface area contributed by atoms with Crippen LogP contribution < -0.4 is 5.32 Å². The number of urea groups is 1. The third-order valence-corrected chi connectivity index (χ3v) is 2.84. The average Bonchev–Trinajstić information content (AvgIpc) is 2.40. The quantitative estimate of drug-likeness (QED) is 0.674. The number of nitrogens with one attached hydrogen (secondary N) is 1. The van der Waals surface area contributed by atoms with Crippen LogP contribution in [0.2, 0.25) is 0 Å². The van der Waals surface area contributed by atoms with Crippen molar-refractivity contribution in [2.45, 2.75) is 13.3 Å². The standard InChI is InChI=1S/C14H22N2O3/c1-12-2-4-13(5-3-12)6-7-15-14(19)16(8-10-17)9-11-18/h2-5,17-18H,6-11H2,1H3,(H,15,19). The molecular weight excluding hydrogens is 244 g/mol. The number of carbonyl (C=O) groups excluding carboxylic acids is 1. The van der Waals surface area contributed by atoms with Crippen molar-refractivity contribution in [1.82, 2.24) is 10.2 Å². The Hall–Kier alpha value is -1.59. The van der Waals surface area contributed by atoms with E-state index in [1.807, 2.05) is 31.2 Å². The Balaban J connectivity index is 2.34. The Kier molecular flexibility index (Phi) is 6.92. The van der Waals surface area contributed by atoms with Crippen molar-refractivity contribution >= 4 is 6.03 Å². The molecule has 106 valence electrons. The zero-order chi connectivity index (χ0) is 14.1. The molecule has 3 N–H and O–H groups in total. The maximum atomic E-state index is 11.8. The van der Waals surface area contributed by atoms with Crippen molar-refractivity contribution in [3.63, 3.8) is 0 Å². The van der Waals surface area contributed by atoms with Gasteiger partial charge in [-0.1, -0.05) is 29.8 Å². The Labute approximate surface area is 113 Å². The summed E-state index contributed by atoms with van der Waals surface area (Å²) in [4.78, 5) is 13.2. The fraction of sp³-hybridized carbons (Fsp3) is 0.500. The Morgan fingerprint density at radius 3 is 2.26 bits per heavy atom. The molecule has 0 radical (unpaired) electrons. The van der Waals surface area contributed by atoms with Gasteiger partial charge in [0.2, 0.25) is 0 Å². The van der Waals surface area contributed by atoms with Gasteiger partial charge in [0.15, 0.2) is 0 Å². The van der Waals surface area contributed by atoms with Gasteiger partial charge in [-0.05, 0) is 18.9 Å². The minimum atomic E-state index is -0.254. The molecule has 5 heteroatoms. The van der Waals surface area contributed by atoms with E-state index in [0.717, 1.165) is 6.42 Å². The van der Waals surface area contributed by atoms with E-state index < -0.39 is 0 Å². The fourth-order valence-electron chi connectivity index (χ4n) is 1.74. The lowest BCUT2D eigenvalue weighted by Crippen LogP contribution is -2.43. The van der Waals surface area contributed by atoms with Crippen molar-refractivity contribution in [3.8, 4) is 0 Å². The number of amides is 2. The van der Waals surface area contributed by atoms with Crippen LogP contribution in [0.4, 0.5) is 4.79 Å². The van der Waals surface area contributed by atoms with E-state index in [2.05, 4.69) is 5.32 Å². The summed E-state index contributed by atoms with van der Waals surface area (Å²) in [6.45, 7) is 2.83. The highest BCUT2D eigenvalue weighted by atomic mass is 16.3. The lowest BCUT2D eigenvalue weighted by atomic mass is 10.1. The van der Waals surface area contributed by atoms with Crippen LogP contribution in [0.3, 0.4) is 0 Å². The van der Waals surface area contributed by atoms with Gasteiger partial charge in [-0.2, -0.15) is 0 Å².